The van der Waals surface area contributed by atoms with Gasteiger partial charge in [0.15, 0.2) is 0 Å². The monoisotopic (exact) mass is 358 g/mol. The van der Waals surface area contributed by atoms with Crippen LogP contribution in [0.25, 0.3) is 10.9 Å². The topological polar surface area (TPSA) is 58.1 Å². The Morgan fingerprint density at radius 1 is 1.38 bits per heavy atom. The number of fused-ring (bicyclic) bond motifs is 1. The molecule has 1 N–H and O–H groups in total. The van der Waals surface area contributed by atoms with Gasteiger partial charge in [0, 0.05) is 31.4 Å². The van der Waals surface area contributed by atoms with Gasteiger partial charge in [0.05, 0.1) is 11.1 Å². The number of rotatable bonds is 2. The zero-order chi connectivity index (χ0) is 17.5. The van der Waals surface area contributed by atoms with Crippen molar-refractivity contribution in [1.29, 1.82) is 0 Å². The summed E-state index contributed by atoms with van der Waals surface area (Å²) in [5.74, 6) is 0.355. The van der Waals surface area contributed by atoms with Crippen LogP contribution in [0.4, 0.5) is 19.0 Å². The lowest BCUT2D eigenvalue weighted by atomic mass is 10.1. The van der Waals surface area contributed by atoms with E-state index in [0.717, 1.165) is 18.6 Å². The van der Waals surface area contributed by atoms with E-state index in [1.807, 2.05) is 4.90 Å². The number of alkyl halides is 3. The number of nitrogens with one attached hydrogen (secondary N) is 1. The van der Waals surface area contributed by atoms with Crippen molar-refractivity contribution in [3.63, 3.8) is 0 Å². The number of amides is 1. The first-order chi connectivity index (χ1) is 11.2. The predicted octanol–water partition coefficient (Wildman–Crippen LogP) is 3.02. The second-order valence-corrected chi connectivity index (χ2v) is 6.02. The Morgan fingerprint density at radius 2 is 2.12 bits per heavy atom. The number of benzene rings is 1. The molecule has 0 unspecified atom stereocenters. The highest BCUT2D eigenvalue weighted by atomic mass is 35.5. The van der Waals surface area contributed by atoms with Crippen LogP contribution in [0.1, 0.15) is 18.9 Å². The van der Waals surface area contributed by atoms with Crippen molar-refractivity contribution in [3.8, 4) is 0 Å². The minimum atomic E-state index is -4.45. The van der Waals surface area contributed by atoms with Crippen LogP contribution in [0, 0.1) is 0 Å². The number of hydrogen-bond acceptors (Lipinski definition) is 4. The van der Waals surface area contributed by atoms with Gasteiger partial charge in [-0.15, -0.1) is 0 Å². The van der Waals surface area contributed by atoms with Gasteiger partial charge >= 0.3 is 6.18 Å². The van der Waals surface area contributed by atoms with Crippen LogP contribution in [0.5, 0.6) is 0 Å². The fraction of sp³-hybridized carbons (Fsp3) is 0.400. The lowest BCUT2D eigenvalue weighted by Gasteiger charge is -2.20. The third-order valence-electron chi connectivity index (χ3n) is 3.87. The molecule has 0 aliphatic carbocycles. The predicted molar refractivity (Wildman–Crippen MR) is 84.0 cm³/mol. The van der Waals surface area contributed by atoms with E-state index >= 15 is 0 Å². The Balaban J connectivity index is 1.98. The van der Waals surface area contributed by atoms with Crippen LogP contribution < -0.4 is 10.2 Å². The SMILES string of the molecule is CC(=O)N[C@H]1CCN(c2nc(Cl)nc3cc(C(F)(F)F)ccc23)C1. The minimum absolute atomic E-state index is 0.0271. The van der Waals surface area contributed by atoms with E-state index in [-0.39, 0.29) is 22.7 Å². The van der Waals surface area contributed by atoms with Crippen molar-refractivity contribution < 1.29 is 18.0 Å². The van der Waals surface area contributed by atoms with Crippen LogP contribution in [0.15, 0.2) is 18.2 Å². The summed E-state index contributed by atoms with van der Waals surface area (Å²) in [6, 6.07) is 3.30. The van der Waals surface area contributed by atoms with Gasteiger partial charge in [-0.05, 0) is 36.2 Å². The molecule has 1 saturated heterocycles. The van der Waals surface area contributed by atoms with E-state index < -0.39 is 11.7 Å². The first kappa shape index (κ1) is 16.8. The van der Waals surface area contributed by atoms with Gasteiger partial charge in [-0.25, -0.2) is 4.98 Å². The summed E-state index contributed by atoms with van der Waals surface area (Å²) < 4.78 is 38.6. The highest BCUT2D eigenvalue weighted by Gasteiger charge is 2.31. The van der Waals surface area contributed by atoms with E-state index in [4.69, 9.17) is 11.6 Å². The smallest absolute Gasteiger partial charge is 0.354 e. The molecule has 24 heavy (non-hydrogen) atoms. The maximum Gasteiger partial charge on any atom is 0.416 e. The van der Waals surface area contributed by atoms with Crippen molar-refractivity contribution in [2.45, 2.75) is 25.6 Å². The van der Waals surface area contributed by atoms with Crippen LogP contribution in [-0.2, 0) is 11.0 Å². The summed E-state index contributed by atoms with van der Waals surface area (Å²) in [4.78, 5) is 21.1. The molecule has 1 fully saturated rings. The third-order valence-corrected chi connectivity index (χ3v) is 4.04. The molecule has 3 rings (SSSR count). The van der Waals surface area contributed by atoms with Crippen molar-refractivity contribution in [3.05, 3.63) is 29.0 Å². The number of hydrogen-bond donors (Lipinski definition) is 1. The Labute approximate surface area is 140 Å². The molecular formula is C15H14ClF3N4O. The fourth-order valence-corrected chi connectivity index (χ4v) is 3.03. The molecule has 9 heteroatoms. The number of halogens is 4. The number of nitrogens with zero attached hydrogens (tertiary/aromatic N) is 3. The van der Waals surface area contributed by atoms with Crippen LogP contribution in [0.3, 0.4) is 0 Å². The summed E-state index contributed by atoms with van der Waals surface area (Å²) in [5.41, 5.74) is -0.643. The average Bonchev–Trinajstić information content (AvgIpc) is 2.92. The molecule has 1 aliphatic rings. The molecule has 128 valence electrons. The van der Waals surface area contributed by atoms with Gasteiger partial charge in [0.25, 0.3) is 0 Å². The van der Waals surface area contributed by atoms with E-state index in [1.54, 1.807) is 0 Å². The number of carbonyl (C=O) groups is 1. The maximum atomic E-state index is 12.9. The van der Waals surface area contributed by atoms with Crippen LogP contribution in [-0.4, -0.2) is 35.0 Å². The van der Waals surface area contributed by atoms with E-state index in [0.29, 0.717) is 24.3 Å². The van der Waals surface area contributed by atoms with Crippen LogP contribution in [0.2, 0.25) is 5.28 Å². The Hall–Kier alpha value is -2.09. The van der Waals surface area contributed by atoms with Gasteiger partial charge in [-0.2, -0.15) is 18.2 Å². The quantitative estimate of drug-likeness (QED) is 0.838. The normalized spacial score (nSPS) is 18.2. The highest BCUT2D eigenvalue weighted by Crippen LogP contribution is 2.34. The van der Waals surface area contributed by atoms with Crippen molar-refractivity contribution in [2.24, 2.45) is 0 Å². The largest absolute Gasteiger partial charge is 0.416 e. The molecule has 1 aromatic heterocycles. The highest BCUT2D eigenvalue weighted by molar-refractivity contribution is 6.28. The Morgan fingerprint density at radius 3 is 2.79 bits per heavy atom. The summed E-state index contributed by atoms with van der Waals surface area (Å²) in [7, 11) is 0. The summed E-state index contributed by atoms with van der Waals surface area (Å²) in [5, 5.41) is 3.21. The third kappa shape index (κ3) is 3.38. The molecule has 2 heterocycles. The number of anilines is 1. The minimum Gasteiger partial charge on any atom is -0.354 e. The van der Waals surface area contributed by atoms with Crippen LogP contribution >= 0.6 is 11.6 Å². The zero-order valence-corrected chi connectivity index (χ0v) is 13.4. The lowest BCUT2D eigenvalue weighted by Crippen LogP contribution is -2.35. The Kier molecular flexibility index (Phi) is 4.25. The molecule has 1 atom stereocenters. The summed E-state index contributed by atoms with van der Waals surface area (Å²) in [6.07, 6.45) is -3.72. The maximum absolute atomic E-state index is 12.9. The molecule has 0 spiro atoms. The second kappa shape index (κ2) is 6.08. The molecule has 5 nitrogen and oxygen atoms in total. The molecule has 0 radical (unpaired) electrons. The first-order valence-corrected chi connectivity index (χ1v) is 7.68. The molecule has 0 saturated carbocycles. The number of aromatic nitrogens is 2. The van der Waals surface area contributed by atoms with Gasteiger partial charge < -0.3 is 10.2 Å². The molecule has 1 aliphatic heterocycles. The van der Waals surface area contributed by atoms with Gasteiger partial charge in [-0.3, -0.25) is 4.79 Å². The van der Waals surface area contributed by atoms with Crippen molar-refractivity contribution in [2.75, 3.05) is 18.0 Å². The first-order valence-electron chi connectivity index (χ1n) is 7.30. The van der Waals surface area contributed by atoms with Gasteiger partial charge in [-0.1, -0.05) is 0 Å². The summed E-state index contributed by atoms with van der Waals surface area (Å²) >= 11 is 5.89. The van der Waals surface area contributed by atoms with E-state index in [1.165, 1.54) is 13.0 Å². The fourth-order valence-electron chi connectivity index (χ4n) is 2.86. The lowest BCUT2D eigenvalue weighted by molar-refractivity contribution is -0.137. The standard InChI is InChI=1S/C15H14ClF3N4O/c1-8(24)20-10-4-5-23(7-10)13-11-3-2-9(15(17,18)19)6-12(11)21-14(16)22-13/h2-3,6,10H,4-5,7H2,1H3,(H,20,24)/t10-/m0/s1. The van der Waals surface area contributed by atoms with Gasteiger partial charge in [0.2, 0.25) is 11.2 Å². The molecule has 1 amide bonds. The molecule has 1 aromatic carbocycles. The van der Waals surface area contributed by atoms with Crippen molar-refractivity contribution in [1.82, 2.24) is 15.3 Å². The van der Waals surface area contributed by atoms with E-state index in [9.17, 15) is 18.0 Å². The number of carbonyl (C=O) groups excluding carboxylic acids is 1. The van der Waals surface area contributed by atoms with E-state index in [2.05, 4.69) is 15.3 Å². The average molecular weight is 359 g/mol. The molecular weight excluding hydrogens is 345 g/mol. The molecule has 0 bridgehead atoms. The molecule has 2 aromatic rings. The summed E-state index contributed by atoms with van der Waals surface area (Å²) in [6.45, 7) is 2.58. The zero-order valence-electron chi connectivity index (χ0n) is 12.7. The van der Waals surface area contributed by atoms with Crippen molar-refractivity contribution >= 4 is 34.2 Å². The second-order valence-electron chi connectivity index (χ2n) is 5.68. The van der Waals surface area contributed by atoms with Gasteiger partial charge in [0.1, 0.15) is 5.82 Å². The Bertz CT molecular complexity index is 796.